The molecule has 0 saturated carbocycles. The number of halogens is 3. The standard InChI is InChI=1S/C14H11F3O2/c1-19-13-6-5-10(14(15,16)17)8-12(13)9-3-2-4-11(18)7-9/h2-8,18H,1H3. The van der Waals surface area contributed by atoms with Crippen LogP contribution in [0.5, 0.6) is 11.5 Å². The van der Waals surface area contributed by atoms with Crippen LogP contribution in [0.25, 0.3) is 11.1 Å². The molecule has 0 radical (unpaired) electrons. The van der Waals surface area contributed by atoms with Gasteiger partial charge in [0.25, 0.3) is 0 Å². The Kier molecular flexibility index (Phi) is 3.38. The molecule has 2 rings (SSSR count). The summed E-state index contributed by atoms with van der Waals surface area (Å²) in [5.74, 6) is 0.301. The summed E-state index contributed by atoms with van der Waals surface area (Å²) in [6.07, 6.45) is -4.42. The molecule has 0 aromatic heterocycles. The van der Waals surface area contributed by atoms with Crippen LogP contribution < -0.4 is 4.74 Å². The molecule has 0 saturated heterocycles. The van der Waals surface area contributed by atoms with Gasteiger partial charge >= 0.3 is 6.18 Å². The Morgan fingerprint density at radius 2 is 1.79 bits per heavy atom. The highest BCUT2D eigenvalue weighted by molar-refractivity contribution is 5.72. The van der Waals surface area contributed by atoms with Crippen LogP contribution in [-0.2, 0) is 6.18 Å². The van der Waals surface area contributed by atoms with E-state index in [0.717, 1.165) is 12.1 Å². The fourth-order valence-corrected chi connectivity index (χ4v) is 1.78. The molecular formula is C14H11F3O2. The summed E-state index contributed by atoms with van der Waals surface area (Å²) in [6.45, 7) is 0. The molecule has 0 bridgehead atoms. The number of aromatic hydroxyl groups is 1. The normalized spacial score (nSPS) is 11.4. The zero-order valence-electron chi connectivity index (χ0n) is 10.0. The first-order valence-electron chi connectivity index (χ1n) is 5.46. The topological polar surface area (TPSA) is 29.5 Å². The first-order valence-corrected chi connectivity index (χ1v) is 5.46. The first-order chi connectivity index (χ1) is 8.91. The average Bonchev–Trinajstić information content (AvgIpc) is 2.37. The molecule has 100 valence electrons. The van der Waals surface area contributed by atoms with Crippen LogP contribution in [0.15, 0.2) is 42.5 Å². The van der Waals surface area contributed by atoms with Crippen molar-refractivity contribution in [1.82, 2.24) is 0 Å². The third kappa shape index (κ3) is 2.81. The highest BCUT2D eigenvalue weighted by atomic mass is 19.4. The number of methoxy groups -OCH3 is 1. The van der Waals surface area contributed by atoms with Crippen LogP contribution in [0, 0.1) is 0 Å². The maximum absolute atomic E-state index is 12.7. The zero-order chi connectivity index (χ0) is 14.0. The molecular weight excluding hydrogens is 257 g/mol. The van der Waals surface area contributed by atoms with Crippen LogP contribution in [0.2, 0.25) is 0 Å². The molecule has 2 nitrogen and oxygen atoms in total. The largest absolute Gasteiger partial charge is 0.508 e. The highest BCUT2D eigenvalue weighted by Crippen LogP contribution is 2.37. The van der Waals surface area contributed by atoms with Gasteiger partial charge in [0.2, 0.25) is 0 Å². The molecule has 0 aliphatic carbocycles. The molecule has 0 amide bonds. The number of alkyl halides is 3. The van der Waals surface area contributed by atoms with Gasteiger partial charge in [-0.15, -0.1) is 0 Å². The van der Waals surface area contributed by atoms with E-state index in [1.165, 1.54) is 25.3 Å². The minimum Gasteiger partial charge on any atom is -0.508 e. The van der Waals surface area contributed by atoms with Gasteiger partial charge in [-0.3, -0.25) is 0 Å². The molecule has 2 aromatic rings. The lowest BCUT2D eigenvalue weighted by atomic mass is 10.0. The smallest absolute Gasteiger partial charge is 0.416 e. The lowest BCUT2D eigenvalue weighted by molar-refractivity contribution is -0.137. The van der Waals surface area contributed by atoms with Crippen LogP contribution >= 0.6 is 0 Å². The Bertz CT molecular complexity index is 591. The van der Waals surface area contributed by atoms with E-state index in [2.05, 4.69) is 0 Å². The predicted octanol–water partition coefficient (Wildman–Crippen LogP) is 4.09. The van der Waals surface area contributed by atoms with Crippen LogP contribution in [0.4, 0.5) is 13.2 Å². The summed E-state index contributed by atoms with van der Waals surface area (Å²) in [6, 6.07) is 9.24. The van der Waals surface area contributed by atoms with E-state index in [9.17, 15) is 18.3 Å². The van der Waals surface area contributed by atoms with E-state index in [-0.39, 0.29) is 11.3 Å². The summed E-state index contributed by atoms with van der Waals surface area (Å²) in [4.78, 5) is 0. The van der Waals surface area contributed by atoms with Crippen molar-refractivity contribution in [2.24, 2.45) is 0 Å². The third-order valence-electron chi connectivity index (χ3n) is 2.68. The van der Waals surface area contributed by atoms with Crippen molar-refractivity contribution in [2.45, 2.75) is 6.18 Å². The van der Waals surface area contributed by atoms with E-state index in [1.54, 1.807) is 12.1 Å². The maximum atomic E-state index is 12.7. The molecule has 0 heterocycles. The number of hydrogen-bond acceptors (Lipinski definition) is 2. The Hall–Kier alpha value is -2.17. The molecule has 0 atom stereocenters. The van der Waals surface area contributed by atoms with Gasteiger partial charge in [0.1, 0.15) is 11.5 Å². The highest BCUT2D eigenvalue weighted by Gasteiger charge is 2.31. The number of benzene rings is 2. The van der Waals surface area contributed by atoms with Crippen molar-refractivity contribution in [3.8, 4) is 22.6 Å². The quantitative estimate of drug-likeness (QED) is 0.889. The Labute approximate surface area is 108 Å². The minimum absolute atomic E-state index is 0.0167. The second kappa shape index (κ2) is 4.84. The van der Waals surface area contributed by atoms with Crippen molar-refractivity contribution in [3.63, 3.8) is 0 Å². The number of phenolic OH excluding ortho intramolecular Hbond substituents is 1. The lowest BCUT2D eigenvalue weighted by Gasteiger charge is -2.13. The van der Waals surface area contributed by atoms with Crippen LogP contribution in [-0.4, -0.2) is 12.2 Å². The number of rotatable bonds is 2. The van der Waals surface area contributed by atoms with Gasteiger partial charge in [-0.05, 0) is 35.9 Å². The second-order valence-corrected chi connectivity index (χ2v) is 3.96. The van der Waals surface area contributed by atoms with Crippen molar-refractivity contribution in [2.75, 3.05) is 7.11 Å². The summed E-state index contributed by atoms with van der Waals surface area (Å²) in [5.41, 5.74) is -0.0113. The van der Waals surface area contributed by atoms with Crippen molar-refractivity contribution in [3.05, 3.63) is 48.0 Å². The molecule has 0 aliphatic rings. The van der Waals surface area contributed by atoms with Gasteiger partial charge in [0.05, 0.1) is 12.7 Å². The van der Waals surface area contributed by atoms with Crippen molar-refractivity contribution >= 4 is 0 Å². The molecule has 2 aromatic carbocycles. The van der Waals surface area contributed by atoms with E-state index < -0.39 is 11.7 Å². The SMILES string of the molecule is COc1ccc(C(F)(F)F)cc1-c1cccc(O)c1. The van der Waals surface area contributed by atoms with Crippen molar-refractivity contribution < 1.29 is 23.0 Å². The molecule has 0 fully saturated rings. The third-order valence-corrected chi connectivity index (χ3v) is 2.68. The van der Waals surface area contributed by atoms with Gasteiger partial charge in [-0.2, -0.15) is 13.2 Å². The fourth-order valence-electron chi connectivity index (χ4n) is 1.78. The summed E-state index contributed by atoms with van der Waals surface area (Å²) in [7, 11) is 1.38. The molecule has 5 heteroatoms. The Balaban J connectivity index is 2.60. The minimum atomic E-state index is -4.42. The van der Waals surface area contributed by atoms with Gasteiger partial charge in [0, 0.05) is 5.56 Å². The van der Waals surface area contributed by atoms with E-state index in [1.807, 2.05) is 0 Å². The molecule has 0 unspecified atom stereocenters. The van der Waals surface area contributed by atoms with Gasteiger partial charge in [-0.25, -0.2) is 0 Å². The zero-order valence-corrected chi connectivity index (χ0v) is 10.0. The Morgan fingerprint density at radius 3 is 2.37 bits per heavy atom. The summed E-state index contributed by atoms with van der Waals surface area (Å²) >= 11 is 0. The summed E-state index contributed by atoms with van der Waals surface area (Å²) < 4.78 is 43.2. The number of phenols is 1. The van der Waals surface area contributed by atoms with Crippen LogP contribution in [0.3, 0.4) is 0 Å². The van der Waals surface area contributed by atoms with Gasteiger partial charge in [-0.1, -0.05) is 12.1 Å². The molecule has 0 spiro atoms. The molecule has 0 aliphatic heterocycles. The van der Waals surface area contributed by atoms with E-state index in [4.69, 9.17) is 4.74 Å². The van der Waals surface area contributed by atoms with Gasteiger partial charge in [0.15, 0.2) is 0 Å². The molecule has 19 heavy (non-hydrogen) atoms. The second-order valence-electron chi connectivity index (χ2n) is 3.96. The predicted molar refractivity (Wildman–Crippen MR) is 65.1 cm³/mol. The molecule has 1 N–H and O–H groups in total. The maximum Gasteiger partial charge on any atom is 0.416 e. The number of ether oxygens (including phenoxy) is 1. The average molecular weight is 268 g/mol. The number of hydrogen-bond donors (Lipinski definition) is 1. The van der Waals surface area contributed by atoms with Gasteiger partial charge < -0.3 is 9.84 Å². The first kappa shape index (κ1) is 13.3. The van der Waals surface area contributed by atoms with Crippen LogP contribution in [0.1, 0.15) is 5.56 Å². The monoisotopic (exact) mass is 268 g/mol. The summed E-state index contributed by atoms with van der Waals surface area (Å²) in [5, 5.41) is 9.40. The Morgan fingerprint density at radius 1 is 1.05 bits per heavy atom. The van der Waals surface area contributed by atoms with E-state index >= 15 is 0 Å². The van der Waals surface area contributed by atoms with E-state index in [0.29, 0.717) is 11.3 Å². The van der Waals surface area contributed by atoms with Crippen molar-refractivity contribution in [1.29, 1.82) is 0 Å². The lowest BCUT2D eigenvalue weighted by Crippen LogP contribution is -2.05. The fraction of sp³-hybridized carbons (Fsp3) is 0.143.